The Kier molecular flexibility index (Phi) is 3.85. The van der Waals surface area contributed by atoms with Crippen LogP contribution in [0.2, 0.25) is 0 Å². The predicted octanol–water partition coefficient (Wildman–Crippen LogP) is 4.53. The summed E-state index contributed by atoms with van der Waals surface area (Å²) < 4.78 is 5.54. The van der Waals surface area contributed by atoms with Crippen LogP contribution in [-0.2, 0) is 14.3 Å². The molecule has 3 heteroatoms. The summed E-state index contributed by atoms with van der Waals surface area (Å²) >= 11 is 0. The smallest absolute Gasteiger partial charge is 0.302 e. The minimum Gasteiger partial charge on any atom is -0.463 e. The molecule has 0 saturated heterocycles. The largest absolute Gasteiger partial charge is 0.463 e. The number of ketones is 1. The maximum atomic E-state index is 12.5. The highest BCUT2D eigenvalue weighted by Gasteiger charge is 2.60. The number of esters is 1. The number of fused-ring (bicyclic) bond motifs is 5. The van der Waals surface area contributed by atoms with Crippen molar-refractivity contribution in [1.29, 1.82) is 0 Å². The molecule has 4 rings (SSSR count). The van der Waals surface area contributed by atoms with Crippen LogP contribution in [0.3, 0.4) is 0 Å². The molecule has 7 atom stereocenters. The lowest BCUT2D eigenvalue weighted by molar-refractivity contribution is -0.160. The van der Waals surface area contributed by atoms with E-state index in [0.717, 1.165) is 43.9 Å². The summed E-state index contributed by atoms with van der Waals surface area (Å²) in [6.45, 7) is 6.30. The van der Waals surface area contributed by atoms with Crippen molar-refractivity contribution in [3.05, 3.63) is 0 Å². The Hall–Kier alpha value is -0.860. The fraction of sp³-hybridized carbons (Fsp3) is 0.905. The predicted molar refractivity (Wildman–Crippen MR) is 92.3 cm³/mol. The van der Waals surface area contributed by atoms with Gasteiger partial charge in [-0.25, -0.2) is 0 Å². The van der Waals surface area contributed by atoms with Crippen molar-refractivity contribution in [2.75, 3.05) is 0 Å². The van der Waals surface area contributed by atoms with E-state index in [1.165, 1.54) is 32.6 Å². The topological polar surface area (TPSA) is 43.4 Å². The van der Waals surface area contributed by atoms with E-state index in [-0.39, 0.29) is 17.5 Å². The van der Waals surface area contributed by atoms with Gasteiger partial charge in [-0.3, -0.25) is 9.59 Å². The molecule has 0 spiro atoms. The molecule has 0 aromatic rings. The standard InChI is InChI=1S/C21H32O3/c1-13(22)24-15-8-10-20(2)14(12-15)4-5-16-17-6-7-19(23)21(17,3)11-9-18(16)20/h14-18H,4-12H2,1-3H3/t14?,15-,16+,17+,18+,20+,21+/m1/s1. The fourth-order valence-electron chi connectivity index (χ4n) is 7.33. The van der Waals surface area contributed by atoms with Gasteiger partial charge in [0.05, 0.1) is 0 Å². The van der Waals surface area contributed by atoms with Gasteiger partial charge in [-0.05, 0) is 80.5 Å². The van der Waals surface area contributed by atoms with Gasteiger partial charge in [-0.2, -0.15) is 0 Å². The molecule has 0 aliphatic heterocycles. The lowest BCUT2D eigenvalue weighted by Crippen LogP contribution is -2.54. The molecule has 0 heterocycles. The maximum absolute atomic E-state index is 12.5. The van der Waals surface area contributed by atoms with Crippen molar-refractivity contribution in [2.24, 2.45) is 34.5 Å². The Balaban J connectivity index is 1.54. The Labute approximate surface area is 145 Å². The van der Waals surface area contributed by atoms with Gasteiger partial charge in [0.15, 0.2) is 0 Å². The molecule has 0 N–H and O–H groups in total. The molecule has 0 aromatic heterocycles. The Morgan fingerprint density at radius 2 is 1.83 bits per heavy atom. The van der Waals surface area contributed by atoms with Crippen LogP contribution in [0, 0.1) is 34.5 Å². The van der Waals surface area contributed by atoms with E-state index in [2.05, 4.69) is 13.8 Å². The summed E-state index contributed by atoms with van der Waals surface area (Å²) in [6.07, 6.45) is 10.2. The molecule has 0 radical (unpaired) electrons. The Bertz CT molecular complexity index is 555. The first-order valence-electron chi connectivity index (χ1n) is 10.0. The summed E-state index contributed by atoms with van der Waals surface area (Å²) in [6, 6.07) is 0. The quantitative estimate of drug-likeness (QED) is 0.663. The maximum Gasteiger partial charge on any atom is 0.302 e. The van der Waals surface area contributed by atoms with Gasteiger partial charge in [-0.15, -0.1) is 0 Å². The second-order valence-corrected chi connectivity index (χ2v) is 9.58. The number of carbonyl (C=O) groups excluding carboxylic acids is 2. The number of hydrogen-bond acceptors (Lipinski definition) is 3. The lowest BCUT2D eigenvalue weighted by atomic mass is 9.45. The highest BCUT2D eigenvalue weighted by atomic mass is 16.5. The van der Waals surface area contributed by atoms with E-state index >= 15 is 0 Å². The molecule has 3 nitrogen and oxygen atoms in total. The third-order valence-electron chi connectivity index (χ3n) is 8.66. The number of ether oxygens (including phenoxy) is 1. The summed E-state index contributed by atoms with van der Waals surface area (Å²) in [5, 5.41) is 0. The van der Waals surface area contributed by atoms with Gasteiger partial charge in [0.1, 0.15) is 11.9 Å². The summed E-state index contributed by atoms with van der Waals surface area (Å²) in [5.74, 6) is 3.26. The number of Topliss-reactive ketones (excluding diaryl/α,β-unsaturated/α-hetero) is 1. The van der Waals surface area contributed by atoms with Gasteiger partial charge in [0.25, 0.3) is 0 Å². The van der Waals surface area contributed by atoms with Crippen molar-refractivity contribution >= 4 is 11.8 Å². The molecule has 0 aromatic carbocycles. The van der Waals surface area contributed by atoms with Crippen LogP contribution in [-0.4, -0.2) is 17.9 Å². The normalized spacial score (nSPS) is 50.6. The van der Waals surface area contributed by atoms with Crippen molar-refractivity contribution in [2.45, 2.75) is 84.7 Å². The average molecular weight is 332 g/mol. The molecular formula is C21H32O3. The second kappa shape index (κ2) is 5.57. The van der Waals surface area contributed by atoms with Gasteiger partial charge in [-0.1, -0.05) is 13.8 Å². The summed E-state index contributed by atoms with van der Waals surface area (Å²) in [7, 11) is 0. The van der Waals surface area contributed by atoms with Crippen LogP contribution < -0.4 is 0 Å². The van der Waals surface area contributed by atoms with Crippen molar-refractivity contribution < 1.29 is 14.3 Å². The summed E-state index contributed by atoms with van der Waals surface area (Å²) in [5.41, 5.74) is 0.381. The minimum atomic E-state index is -0.129. The van der Waals surface area contributed by atoms with Gasteiger partial charge < -0.3 is 4.74 Å². The first-order chi connectivity index (χ1) is 11.3. The molecule has 1 unspecified atom stereocenters. The third-order valence-corrected chi connectivity index (χ3v) is 8.66. The van der Waals surface area contributed by atoms with E-state index in [1.807, 2.05) is 0 Å². The number of hydrogen-bond donors (Lipinski definition) is 0. The van der Waals surface area contributed by atoms with E-state index < -0.39 is 0 Å². The van der Waals surface area contributed by atoms with Crippen LogP contribution in [0.1, 0.15) is 78.6 Å². The van der Waals surface area contributed by atoms with E-state index in [0.29, 0.717) is 23.0 Å². The Morgan fingerprint density at radius 1 is 1.04 bits per heavy atom. The van der Waals surface area contributed by atoms with E-state index in [4.69, 9.17) is 4.74 Å². The van der Waals surface area contributed by atoms with E-state index in [1.54, 1.807) is 0 Å². The lowest BCUT2D eigenvalue weighted by Gasteiger charge is -2.60. The van der Waals surface area contributed by atoms with Crippen LogP contribution >= 0.6 is 0 Å². The highest BCUT2D eigenvalue weighted by molar-refractivity contribution is 5.87. The van der Waals surface area contributed by atoms with E-state index in [9.17, 15) is 9.59 Å². The molecule has 4 aliphatic rings. The van der Waals surface area contributed by atoms with Crippen LogP contribution in [0.4, 0.5) is 0 Å². The molecule has 0 amide bonds. The Morgan fingerprint density at radius 3 is 2.58 bits per heavy atom. The summed E-state index contributed by atoms with van der Waals surface area (Å²) in [4.78, 5) is 23.8. The zero-order valence-electron chi connectivity index (χ0n) is 15.5. The number of carbonyl (C=O) groups is 2. The molecule has 0 bridgehead atoms. The fourth-order valence-corrected chi connectivity index (χ4v) is 7.33. The first-order valence-corrected chi connectivity index (χ1v) is 10.0. The van der Waals surface area contributed by atoms with Crippen molar-refractivity contribution in [3.63, 3.8) is 0 Å². The third kappa shape index (κ3) is 2.29. The van der Waals surface area contributed by atoms with Crippen LogP contribution in [0.5, 0.6) is 0 Å². The second-order valence-electron chi connectivity index (χ2n) is 9.58. The zero-order valence-corrected chi connectivity index (χ0v) is 15.5. The molecule has 4 fully saturated rings. The zero-order chi connectivity index (χ0) is 17.1. The average Bonchev–Trinajstić information content (AvgIpc) is 2.83. The van der Waals surface area contributed by atoms with Gasteiger partial charge in [0.2, 0.25) is 0 Å². The van der Waals surface area contributed by atoms with Crippen LogP contribution in [0.15, 0.2) is 0 Å². The molecule has 24 heavy (non-hydrogen) atoms. The first kappa shape index (κ1) is 16.6. The highest BCUT2D eigenvalue weighted by Crippen LogP contribution is 2.65. The monoisotopic (exact) mass is 332 g/mol. The van der Waals surface area contributed by atoms with Crippen molar-refractivity contribution in [1.82, 2.24) is 0 Å². The van der Waals surface area contributed by atoms with Gasteiger partial charge >= 0.3 is 5.97 Å². The minimum absolute atomic E-state index is 0.0146. The molecular weight excluding hydrogens is 300 g/mol. The SMILES string of the molecule is CC(=O)O[C@@H]1CC[C@@]2(C)C(CC[C@@H]3[C@@H]2CC[C@]2(C)C(=O)CC[C@@H]32)C1. The van der Waals surface area contributed by atoms with Crippen LogP contribution in [0.25, 0.3) is 0 Å². The number of rotatable bonds is 1. The van der Waals surface area contributed by atoms with Crippen molar-refractivity contribution in [3.8, 4) is 0 Å². The molecule has 4 aliphatic carbocycles. The molecule has 4 saturated carbocycles. The molecule has 134 valence electrons. The van der Waals surface area contributed by atoms with Gasteiger partial charge in [0, 0.05) is 18.8 Å².